The first-order valence-corrected chi connectivity index (χ1v) is 7.19. The summed E-state index contributed by atoms with van der Waals surface area (Å²) >= 11 is 1.20. The number of rotatable bonds is 7. The summed E-state index contributed by atoms with van der Waals surface area (Å²) in [7, 11) is 0. The van der Waals surface area contributed by atoms with Gasteiger partial charge in [-0.05, 0) is 5.56 Å². The second-order valence-electron chi connectivity index (χ2n) is 4.25. The summed E-state index contributed by atoms with van der Waals surface area (Å²) in [6, 6.07) is 8.81. The molecule has 1 aromatic rings. The van der Waals surface area contributed by atoms with Crippen molar-refractivity contribution in [3.63, 3.8) is 0 Å². The third kappa shape index (κ3) is 6.77. The summed E-state index contributed by atoms with van der Waals surface area (Å²) in [6.45, 7) is -0.541. The lowest BCUT2D eigenvalue weighted by Crippen LogP contribution is -2.69. The van der Waals surface area contributed by atoms with E-state index in [0.29, 0.717) is 11.5 Å². The highest BCUT2D eigenvalue weighted by Gasteiger charge is 2.18. The molecular weight excluding hydrogens is 294 g/mol. The van der Waals surface area contributed by atoms with E-state index in [4.69, 9.17) is 5.21 Å². The lowest BCUT2D eigenvalue weighted by Gasteiger charge is -2.10. The van der Waals surface area contributed by atoms with E-state index >= 15 is 0 Å². The monoisotopic (exact) mass is 311 g/mol. The SMILES string of the molecule is [NH3+]C(CSC(Cc1ccccc1)=NO)C(=O)NCC(=O)[O-]. The Balaban J connectivity index is 2.41. The van der Waals surface area contributed by atoms with Crippen LogP contribution in [0.5, 0.6) is 0 Å². The number of aliphatic carboxylic acids is 1. The van der Waals surface area contributed by atoms with Gasteiger partial charge in [-0.2, -0.15) is 0 Å². The summed E-state index contributed by atoms with van der Waals surface area (Å²) in [5.41, 5.74) is 4.63. The third-order valence-corrected chi connectivity index (χ3v) is 3.67. The van der Waals surface area contributed by atoms with Gasteiger partial charge in [-0.3, -0.25) is 4.79 Å². The third-order valence-electron chi connectivity index (χ3n) is 2.54. The minimum Gasteiger partial charge on any atom is -0.548 e. The van der Waals surface area contributed by atoms with Crippen LogP contribution < -0.4 is 16.2 Å². The maximum atomic E-state index is 11.5. The highest BCUT2D eigenvalue weighted by molar-refractivity contribution is 8.14. The highest BCUT2D eigenvalue weighted by Crippen LogP contribution is 2.11. The van der Waals surface area contributed by atoms with Crippen molar-refractivity contribution in [1.82, 2.24) is 5.32 Å². The summed E-state index contributed by atoms with van der Waals surface area (Å²) < 4.78 is 0. The standard InChI is InChI=1S/C13H17N3O4S/c14-10(13(19)15-7-12(17)18)8-21-11(16-20)6-9-4-2-1-3-5-9/h1-5,10,20H,6-8,14H2,(H,15,19)(H,17,18). The Hall–Kier alpha value is -2.06. The van der Waals surface area contributed by atoms with Crippen LogP contribution in [0.15, 0.2) is 35.5 Å². The number of quaternary nitrogens is 1. The van der Waals surface area contributed by atoms with E-state index in [-0.39, 0.29) is 5.75 Å². The van der Waals surface area contributed by atoms with E-state index in [1.165, 1.54) is 11.8 Å². The maximum Gasteiger partial charge on any atom is 0.279 e. The molecule has 0 bridgehead atoms. The van der Waals surface area contributed by atoms with Crippen LogP contribution in [0.4, 0.5) is 0 Å². The smallest absolute Gasteiger partial charge is 0.279 e. The fourth-order valence-corrected chi connectivity index (χ4v) is 2.33. The van der Waals surface area contributed by atoms with Gasteiger partial charge in [0, 0.05) is 6.42 Å². The topological polar surface area (TPSA) is 129 Å². The normalized spacial score (nSPS) is 12.7. The number of carboxylic acid groups (broad SMARTS) is 1. The molecule has 114 valence electrons. The van der Waals surface area contributed by atoms with Crippen LogP contribution in [0, 0.1) is 0 Å². The van der Waals surface area contributed by atoms with Crippen LogP contribution in [-0.2, 0) is 16.0 Å². The fourth-order valence-electron chi connectivity index (χ4n) is 1.46. The second kappa shape index (κ2) is 8.98. The van der Waals surface area contributed by atoms with E-state index in [2.05, 4.69) is 16.2 Å². The number of oxime groups is 1. The molecule has 1 atom stereocenters. The molecule has 7 nitrogen and oxygen atoms in total. The second-order valence-corrected chi connectivity index (χ2v) is 5.35. The zero-order chi connectivity index (χ0) is 15.7. The Morgan fingerprint density at radius 3 is 2.62 bits per heavy atom. The van der Waals surface area contributed by atoms with Crippen molar-refractivity contribution in [2.45, 2.75) is 12.5 Å². The Morgan fingerprint density at radius 2 is 2.05 bits per heavy atom. The number of hydrogen-bond donors (Lipinski definition) is 3. The van der Waals surface area contributed by atoms with E-state index in [9.17, 15) is 14.7 Å². The molecule has 1 amide bonds. The van der Waals surface area contributed by atoms with Gasteiger partial charge in [-0.25, -0.2) is 0 Å². The first-order chi connectivity index (χ1) is 10.0. The van der Waals surface area contributed by atoms with Crippen LogP contribution >= 0.6 is 11.8 Å². The Labute approximate surface area is 126 Å². The molecule has 0 saturated carbocycles. The van der Waals surface area contributed by atoms with Crippen molar-refractivity contribution in [2.24, 2.45) is 5.16 Å². The minimum atomic E-state index is -1.36. The Morgan fingerprint density at radius 1 is 1.38 bits per heavy atom. The number of amides is 1. The van der Waals surface area contributed by atoms with E-state index in [0.717, 1.165) is 5.56 Å². The van der Waals surface area contributed by atoms with Crippen LogP contribution in [0.1, 0.15) is 5.56 Å². The largest absolute Gasteiger partial charge is 0.548 e. The number of hydrogen-bond acceptors (Lipinski definition) is 6. The molecule has 0 aromatic heterocycles. The zero-order valence-corrected chi connectivity index (χ0v) is 12.1. The van der Waals surface area contributed by atoms with Crippen molar-refractivity contribution in [3.05, 3.63) is 35.9 Å². The number of carboxylic acids is 1. The molecule has 0 aliphatic rings. The van der Waals surface area contributed by atoms with E-state index in [1.54, 1.807) is 0 Å². The molecule has 21 heavy (non-hydrogen) atoms. The number of nitrogens with zero attached hydrogens (tertiary/aromatic N) is 1. The summed E-state index contributed by atoms with van der Waals surface area (Å²) in [4.78, 5) is 21.8. The number of thioether (sulfide) groups is 1. The molecule has 0 aliphatic heterocycles. The Bertz CT molecular complexity index is 507. The minimum absolute atomic E-state index is 0.283. The average Bonchev–Trinajstić information content (AvgIpc) is 2.49. The van der Waals surface area contributed by atoms with Gasteiger partial charge in [0.25, 0.3) is 5.91 Å². The molecule has 0 fully saturated rings. The average molecular weight is 311 g/mol. The quantitative estimate of drug-likeness (QED) is 0.237. The van der Waals surface area contributed by atoms with Crippen molar-refractivity contribution < 1.29 is 25.6 Å². The molecular formula is C13H17N3O4S. The first kappa shape index (κ1) is 17.0. The molecule has 0 radical (unpaired) electrons. The van der Waals surface area contributed by atoms with Gasteiger partial charge in [-0.1, -0.05) is 35.5 Å². The predicted octanol–water partition coefficient (Wildman–Crippen LogP) is -1.77. The van der Waals surface area contributed by atoms with Gasteiger partial charge in [-0.15, -0.1) is 11.8 Å². The van der Waals surface area contributed by atoms with Crippen molar-refractivity contribution in [3.8, 4) is 0 Å². The fraction of sp³-hybridized carbons (Fsp3) is 0.308. The number of carbonyl (C=O) groups excluding carboxylic acids is 2. The van der Waals surface area contributed by atoms with Gasteiger partial charge >= 0.3 is 0 Å². The van der Waals surface area contributed by atoms with E-state index in [1.807, 2.05) is 30.3 Å². The van der Waals surface area contributed by atoms with Crippen LogP contribution in [0.25, 0.3) is 0 Å². The van der Waals surface area contributed by atoms with Crippen molar-refractivity contribution >= 4 is 28.7 Å². The summed E-state index contributed by atoms with van der Waals surface area (Å²) in [5, 5.41) is 25.1. The molecule has 0 saturated heterocycles. The molecule has 0 heterocycles. The first-order valence-electron chi connectivity index (χ1n) is 6.21. The van der Waals surface area contributed by atoms with Gasteiger partial charge in [0.1, 0.15) is 5.04 Å². The van der Waals surface area contributed by atoms with Gasteiger partial charge in [0.05, 0.1) is 18.3 Å². The van der Waals surface area contributed by atoms with Gasteiger partial charge in [0.15, 0.2) is 6.04 Å². The molecule has 1 aromatic carbocycles. The lowest BCUT2D eigenvalue weighted by atomic mass is 10.2. The maximum absolute atomic E-state index is 11.5. The number of nitrogens with one attached hydrogen (secondary N) is 1. The van der Waals surface area contributed by atoms with E-state index < -0.39 is 24.5 Å². The van der Waals surface area contributed by atoms with Crippen LogP contribution in [0.3, 0.4) is 0 Å². The molecule has 5 N–H and O–H groups in total. The van der Waals surface area contributed by atoms with Gasteiger partial charge < -0.3 is 26.2 Å². The molecule has 8 heteroatoms. The number of benzene rings is 1. The summed E-state index contributed by atoms with van der Waals surface area (Å²) in [6.07, 6.45) is 0.454. The van der Waals surface area contributed by atoms with Crippen molar-refractivity contribution in [2.75, 3.05) is 12.3 Å². The van der Waals surface area contributed by atoms with Crippen LogP contribution in [0.2, 0.25) is 0 Å². The molecule has 1 unspecified atom stereocenters. The molecule has 0 spiro atoms. The van der Waals surface area contributed by atoms with Crippen LogP contribution in [-0.4, -0.2) is 40.5 Å². The molecule has 1 rings (SSSR count). The zero-order valence-electron chi connectivity index (χ0n) is 11.3. The van der Waals surface area contributed by atoms with Gasteiger partial charge in [0.2, 0.25) is 0 Å². The highest BCUT2D eigenvalue weighted by atomic mass is 32.2. The predicted molar refractivity (Wildman–Crippen MR) is 76.5 cm³/mol. The number of carbonyl (C=O) groups is 2. The molecule has 0 aliphatic carbocycles. The van der Waals surface area contributed by atoms with Crippen molar-refractivity contribution in [1.29, 1.82) is 0 Å². The lowest BCUT2D eigenvalue weighted by molar-refractivity contribution is -0.396. The Kier molecular flexibility index (Phi) is 7.27. The summed E-state index contributed by atoms with van der Waals surface area (Å²) in [5.74, 6) is -1.56.